The van der Waals surface area contributed by atoms with Crippen molar-refractivity contribution in [3.63, 3.8) is 0 Å². The summed E-state index contributed by atoms with van der Waals surface area (Å²) in [5.41, 5.74) is 2.31. The Bertz CT molecular complexity index is 442. The number of aliphatic hydroxyl groups excluding tert-OH is 2. The van der Waals surface area contributed by atoms with Crippen LogP contribution in [0.25, 0.3) is 0 Å². The molecule has 1 aliphatic carbocycles. The highest BCUT2D eigenvalue weighted by atomic mass is 16.5. The van der Waals surface area contributed by atoms with Crippen molar-refractivity contribution in [1.82, 2.24) is 0 Å². The number of esters is 1. The summed E-state index contributed by atoms with van der Waals surface area (Å²) in [4.78, 5) is 11.2. The third kappa shape index (κ3) is 3.33. The van der Waals surface area contributed by atoms with Crippen molar-refractivity contribution >= 4 is 5.97 Å². The molecule has 4 nitrogen and oxygen atoms in total. The van der Waals surface area contributed by atoms with E-state index in [2.05, 4.69) is 6.07 Å². The molecule has 104 valence electrons. The predicted octanol–water partition coefficient (Wildman–Crippen LogP) is 1.78. The number of aliphatic hydroxyl groups is 2. The van der Waals surface area contributed by atoms with Crippen LogP contribution in [0.5, 0.6) is 5.75 Å². The molecular weight excluding hydrogens is 244 g/mol. The minimum Gasteiger partial charge on any atom is -0.425 e. The molecule has 0 aromatic heterocycles. The molecule has 2 rings (SSSR count). The maximum Gasteiger partial charge on any atom is 0.337 e. The average molecular weight is 264 g/mol. The van der Waals surface area contributed by atoms with E-state index in [4.69, 9.17) is 14.9 Å². The topological polar surface area (TPSA) is 66.8 Å². The van der Waals surface area contributed by atoms with E-state index in [1.807, 2.05) is 6.07 Å². The molecule has 0 amide bonds. The summed E-state index contributed by atoms with van der Waals surface area (Å²) in [6, 6.07) is 5.74. The Morgan fingerprint density at radius 2 is 2.21 bits per heavy atom. The van der Waals surface area contributed by atoms with Crippen molar-refractivity contribution in [2.24, 2.45) is 0 Å². The number of rotatable bonds is 5. The fraction of sp³-hybridized carbons (Fsp3) is 0.533. The molecule has 0 radical (unpaired) electrons. The zero-order valence-corrected chi connectivity index (χ0v) is 11.0. The van der Waals surface area contributed by atoms with Crippen molar-refractivity contribution < 1.29 is 19.7 Å². The second-order valence-electron chi connectivity index (χ2n) is 4.91. The number of fused-ring (bicyclic) bond motifs is 1. The van der Waals surface area contributed by atoms with Crippen LogP contribution in [0.15, 0.2) is 18.2 Å². The Labute approximate surface area is 113 Å². The summed E-state index contributed by atoms with van der Waals surface area (Å²) in [5, 5.41) is 17.7. The van der Waals surface area contributed by atoms with Gasteiger partial charge in [0.1, 0.15) is 12.4 Å². The highest BCUT2D eigenvalue weighted by molar-refractivity contribution is 5.74. The molecule has 19 heavy (non-hydrogen) atoms. The summed E-state index contributed by atoms with van der Waals surface area (Å²) < 4.78 is 5.18. The molecular formula is C15H20O4. The van der Waals surface area contributed by atoms with Crippen molar-refractivity contribution in [2.45, 2.75) is 38.0 Å². The monoisotopic (exact) mass is 264 g/mol. The lowest BCUT2D eigenvalue weighted by Crippen LogP contribution is -2.16. The first-order valence-corrected chi connectivity index (χ1v) is 6.80. The predicted molar refractivity (Wildman–Crippen MR) is 71.2 cm³/mol. The highest BCUT2D eigenvalue weighted by Crippen LogP contribution is 2.38. The second-order valence-corrected chi connectivity index (χ2v) is 4.91. The Morgan fingerprint density at radius 1 is 1.37 bits per heavy atom. The van der Waals surface area contributed by atoms with E-state index in [9.17, 15) is 4.79 Å². The van der Waals surface area contributed by atoms with E-state index in [-0.39, 0.29) is 6.61 Å². The molecule has 0 saturated carbocycles. The molecule has 0 fully saturated rings. The van der Waals surface area contributed by atoms with Crippen molar-refractivity contribution in [2.75, 3.05) is 13.2 Å². The van der Waals surface area contributed by atoms with E-state index < -0.39 is 12.6 Å². The molecule has 0 saturated heterocycles. The smallest absolute Gasteiger partial charge is 0.337 e. The normalized spacial score (nSPS) is 17.9. The molecule has 0 spiro atoms. The summed E-state index contributed by atoms with van der Waals surface area (Å²) in [6.07, 6.45) is 4.84. The SMILES string of the molecule is O=C(CO)Oc1cccc2c1CCCC2CCCO. The van der Waals surface area contributed by atoms with Crippen LogP contribution in [0.4, 0.5) is 0 Å². The molecule has 1 aromatic rings. The van der Waals surface area contributed by atoms with Gasteiger partial charge >= 0.3 is 5.97 Å². The van der Waals surface area contributed by atoms with Gasteiger partial charge in [-0.25, -0.2) is 4.79 Å². The second kappa shape index (κ2) is 6.68. The Kier molecular flexibility index (Phi) is 4.93. The number of ether oxygens (including phenoxy) is 1. The molecule has 1 aliphatic rings. The third-order valence-corrected chi connectivity index (χ3v) is 3.65. The average Bonchev–Trinajstić information content (AvgIpc) is 2.45. The lowest BCUT2D eigenvalue weighted by molar-refractivity contribution is -0.137. The van der Waals surface area contributed by atoms with E-state index >= 15 is 0 Å². The van der Waals surface area contributed by atoms with Gasteiger partial charge < -0.3 is 14.9 Å². The van der Waals surface area contributed by atoms with Crippen molar-refractivity contribution in [3.05, 3.63) is 29.3 Å². The number of carbonyl (C=O) groups excluding carboxylic acids is 1. The molecule has 4 heteroatoms. The zero-order valence-electron chi connectivity index (χ0n) is 11.0. The lowest BCUT2D eigenvalue weighted by Gasteiger charge is -2.26. The zero-order chi connectivity index (χ0) is 13.7. The van der Waals surface area contributed by atoms with E-state index in [1.54, 1.807) is 6.07 Å². The van der Waals surface area contributed by atoms with Gasteiger partial charge in [0.2, 0.25) is 0 Å². The van der Waals surface area contributed by atoms with Gasteiger partial charge in [-0.05, 0) is 55.2 Å². The van der Waals surface area contributed by atoms with Crippen LogP contribution in [-0.4, -0.2) is 29.4 Å². The summed E-state index contributed by atoms with van der Waals surface area (Å²) >= 11 is 0. The quantitative estimate of drug-likeness (QED) is 0.628. The maximum atomic E-state index is 11.2. The van der Waals surface area contributed by atoms with Crippen molar-refractivity contribution in [1.29, 1.82) is 0 Å². The minimum atomic E-state index is -0.620. The van der Waals surface area contributed by atoms with Gasteiger partial charge in [-0.2, -0.15) is 0 Å². The first-order chi connectivity index (χ1) is 9.26. The van der Waals surface area contributed by atoms with Gasteiger partial charge in [-0.1, -0.05) is 12.1 Å². The fourth-order valence-electron chi connectivity index (χ4n) is 2.80. The lowest BCUT2D eigenvalue weighted by atomic mass is 9.80. The molecule has 0 heterocycles. The number of carbonyl (C=O) groups is 1. The number of benzene rings is 1. The molecule has 0 bridgehead atoms. The Balaban J connectivity index is 2.22. The van der Waals surface area contributed by atoms with Gasteiger partial charge in [0.05, 0.1) is 0 Å². The maximum absolute atomic E-state index is 11.2. The highest BCUT2D eigenvalue weighted by Gasteiger charge is 2.23. The van der Waals surface area contributed by atoms with Crippen molar-refractivity contribution in [3.8, 4) is 5.75 Å². The molecule has 2 N–H and O–H groups in total. The number of hydrogen-bond donors (Lipinski definition) is 2. The molecule has 1 atom stereocenters. The van der Waals surface area contributed by atoms with E-state index in [0.717, 1.165) is 37.7 Å². The van der Waals surface area contributed by atoms with Gasteiger partial charge in [0, 0.05) is 6.61 Å². The van der Waals surface area contributed by atoms with Crippen LogP contribution in [0.1, 0.15) is 42.7 Å². The van der Waals surface area contributed by atoms with Crippen LogP contribution in [-0.2, 0) is 11.2 Å². The first-order valence-electron chi connectivity index (χ1n) is 6.80. The Hall–Kier alpha value is -1.39. The van der Waals surface area contributed by atoms with Crippen LogP contribution in [0.3, 0.4) is 0 Å². The van der Waals surface area contributed by atoms with Crippen LogP contribution in [0, 0.1) is 0 Å². The summed E-state index contributed by atoms with van der Waals surface area (Å²) in [5.74, 6) is 0.389. The first kappa shape index (κ1) is 14.0. The Morgan fingerprint density at radius 3 is 2.95 bits per heavy atom. The van der Waals surface area contributed by atoms with Crippen LogP contribution >= 0.6 is 0 Å². The van der Waals surface area contributed by atoms with Gasteiger partial charge in [0.25, 0.3) is 0 Å². The summed E-state index contributed by atoms with van der Waals surface area (Å²) in [6.45, 7) is -0.386. The van der Waals surface area contributed by atoms with Gasteiger partial charge in [0.15, 0.2) is 0 Å². The van der Waals surface area contributed by atoms with Gasteiger partial charge in [-0.3, -0.25) is 0 Å². The van der Waals surface area contributed by atoms with Crippen LogP contribution < -0.4 is 4.74 Å². The molecule has 1 aromatic carbocycles. The fourth-order valence-corrected chi connectivity index (χ4v) is 2.80. The van der Waals surface area contributed by atoms with Crippen LogP contribution in [0.2, 0.25) is 0 Å². The van der Waals surface area contributed by atoms with E-state index in [0.29, 0.717) is 11.7 Å². The standard InChI is InChI=1S/C15H20O4/c16-9-3-5-11-4-1-7-13-12(11)6-2-8-14(13)19-15(18)10-17/h2,6,8,11,16-17H,1,3-5,7,9-10H2. The van der Waals surface area contributed by atoms with Gasteiger partial charge in [-0.15, -0.1) is 0 Å². The molecule has 0 aliphatic heterocycles. The van der Waals surface area contributed by atoms with E-state index in [1.165, 1.54) is 5.56 Å². The summed E-state index contributed by atoms with van der Waals surface area (Å²) in [7, 11) is 0. The molecule has 1 unspecified atom stereocenters. The third-order valence-electron chi connectivity index (χ3n) is 3.65. The minimum absolute atomic E-state index is 0.213. The number of hydrogen-bond acceptors (Lipinski definition) is 4. The largest absolute Gasteiger partial charge is 0.425 e.